The summed E-state index contributed by atoms with van der Waals surface area (Å²) >= 11 is 1.20. The van der Waals surface area contributed by atoms with Gasteiger partial charge >= 0.3 is 5.97 Å². The number of esters is 1. The third-order valence-corrected chi connectivity index (χ3v) is 3.52. The van der Waals surface area contributed by atoms with Crippen molar-refractivity contribution in [2.45, 2.75) is 6.54 Å². The van der Waals surface area contributed by atoms with Crippen molar-refractivity contribution in [1.29, 1.82) is 0 Å². The van der Waals surface area contributed by atoms with E-state index < -0.39 is 5.97 Å². The van der Waals surface area contributed by atoms with Crippen molar-refractivity contribution in [2.75, 3.05) is 7.11 Å². The van der Waals surface area contributed by atoms with E-state index in [9.17, 15) is 9.18 Å². The lowest BCUT2D eigenvalue weighted by atomic mass is 10.1. The second kappa shape index (κ2) is 4.19. The van der Waals surface area contributed by atoms with E-state index >= 15 is 0 Å². The molecule has 2 aromatic rings. The standard InChI is InChI=1S/C11H10FNO2S/c1-15-11(14)10-6(5-13)9-7(12)3-2-4-8(9)16-10/h2-4H,5,13H2,1H3. The lowest BCUT2D eigenvalue weighted by Gasteiger charge is -1.99. The number of hydrogen-bond acceptors (Lipinski definition) is 4. The van der Waals surface area contributed by atoms with Crippen LogP contribution < -0.4 is 5.73 Å². The van der Waals surface area contributed by atoms with Crippen LogP contribution in [0.25, 0.3) is 10.1 Å². The average molecular weight is 239 g/mol. The molecule has 2 rings (SSSR count). The van der Waals surface area contributed by atoms with E-state index in [4.69, 9.17) is 5.73 Å². The Labute approximate surface area is 95.6 Å². The van der Waals surface area contributed by atoms with Crippen molar-refractivity contribution in [3.8, 4) is 0 Å². The van der Waals surface area contributed by atoms with Crippen LogP contribution >= 0.6 is 11.3 Å². The fourth-order valence-corrected chi connectivity index (χ4v) is 2.78. The Morgan fingerprint density at radius 1 is 1.56 bits per heavy atom. The van der Waals surface area contributed by atoms with E-state index in [2.05, 4.69) is 4.74 Å². The first kappa shape index (κ1) is 11.0. The van der Waals surface area contributed by atoms with Gasteiger partial charge in [0.2, 0.25) is 0 Å². The first-order valence-electron chi connectivity index (χ1n) is 4.67. The van der Waals surface area contributed by atoms with Crippen LogP contribution in [0.5, 0.6) is 0 Å². The molecule has 0 unspecified atom stereocenters. The molecule has 0 fully saturated rings. The first-order valence-corrected chi connectivity index (χ1v) is 5.49. The Balaban J connectivity index is 2.77. The number of hydrogen-bond donors (Lipinski definition) is 1. The molecule has 0 amide bonds. The largest absolute Gasteiger partial charge is 0.465 e. The fraction of sp³-hybridized carbons (Fsp3) is 0.182. The Morgan fingerprint density at radius 2 is 2.31 bits per heavy atom. The van der Waals surface area contributed by atoms with E-state index in [1.54, 1.807) is 12.1 Å². The summed E-state index contributed by atoms with van der Waals surface area (Å²) in [4.78, 5) is 11.9. The summed E-state index contributed by atoms with van der Waals surface area (Å²) in [5.41, 5.74) is 6.07. The van der Waals surface area contributed by atoms with E-state index in [-0.39, 0.29) is 12.4 Å². The lowest BCUT2D eigenvalue weighted by molar-refractivity contribution is 0.0605. The predicted molar refractivity (Wildman–Crippen MR) is 61.0 cm³/mol. The summed E-state index contributed by atoms with van der Waals surface area (Å²) in [7, 11) is 1.30. The maximum absolute atomic E-state index is 13.6. The lowest BCUT2D eigenvalue weighted by Crippen LogP contribution is -2.06. The number of nitrogens with two attached hydrogens (primary N) is 1. The molecule has 84 valence electrons. The van der Waals surface area contributed by atoms with Crippen LogP contribution in [0, 0.1) is 5.82 Å². The van der Waals surface area contributed by atoms with Gasteiger partial charge in [-0.25, -0.2) is 9.18 Å². The summed E-state index contributed by atoms with van der Waals surface area (Å²) in [6.07, 6.45) is 0. The van der Waals surface area contributed by atoms with E-state index in [0.29, 0.717) is 20.5 Å². The molecule has 5 heteroatoms. The van der Waals surface area contributed by atoms with E-state index in [1.807, 2.05) is 0 Å². The van der Waals surface area contributed by atoms with E-state index in [0.717, 1.165) is 0 Å². The monoisotopic (exact) mass is 239 g/mol. The summed E-state index contributed by atoms with van der Waals surface area (Å²) in [5.74, 6) is -0.828. The number of ether oxygens (including phenoxy) is 1. The van der Waals surface area contributed by atoms with Crippen LogP contribution in [0.2, 0.25) is 0 Å². The molecule has 0 aliphatic rings. The Morgan fingerprint density at radius 3 is 2.94 bits per heavy atom. The van der Waals surface area contributed by atoms with Crippen molar-refractivity contribution >= 4 is 27.4 Å². The number of rotatable bonds is 2. The van der Waals surface area contributed by atoms with Crippen LogP contribution in [0.15, 0.2) is 18.2 Å². The van der Waals surface area contributed by atoms with Crippen LogP contribution in [-0.2, 0) is 11.3 Å². The molecule has 16 heavy (non-hydrogen) atoms. The predicted octanol–water partition coefficient (Wildman–Crippen LogP) is 2.29. The number of carbonyl (C=O) groups excluding carboxylic acids is 1. The fourth-order valence-electron chi connectivity index (χ4n) is 1.62. The molecule has 0 radical (unpaired) electrons. The first-order chi connectivity index (χ1) is 7.69. The molecule has 3 nitrogen and oxygen atoms in total. The van der Waals surface area contributed by atoms with Crippen molar-refractivity contribution < 1.29 is 13.9 Å². The Kier molecular flexibility index (Phi) is 2.89. The number of carbonyl (C=O) groups is 1. The zero-order valence-electron chi connectivity index (χ0n) is 8.62. The maximum atomic E-state index is 13.6. The minimum absolute atomic E-state index is 0.116. The highest BCUT2D eigenvalue weighted by Crippen LogP contribution is 2.33. The molecule has 1 heterocycles. The van der Waals surface area contributed by atoms with Gasteiger partial charge in [-0.05, 0) is 12.1 Å². The molecule has 1 aromatic heterocycles. The average Bonchev–Trinajstić information content (AvgIpc) is 2.68. The molecule has 2 N–H and O–H groups in total. The van der Waals surface area contributed by atoms with Crippen LogP contribution in [-0.4, -0.2) is 13.1 Å². The third kappa shape index (κ3) is 1.58. The van der Waals surface area contributed by atoms with Gasteiger partial charge in [0.05, 0.1) is 7.11 Å². The van der Waals surface area contributed by atoms with Gasteiger partial charge in [-0.3, -0.25) is 0 Å². The highest BCUT2D eigenvalue weighted by atomic mass is 32.1. The topological polar surface area (TPSA) is 52.3 Å². The smallest absolute Gasteiger partial charge is 0.348 e. The van der Waals surface area contributed by atoms with E-state index in [1.165, 1.54) is 24.5 Å². The summed E-state index contributed by atoms with van der Waals surface area (Å²) < 4.78 is 19.0. The molecule has 0 saturated heterocycles. The number of benzene rings is 1. The molecule has 0 saturated carbocycles. The maximum Gasteiger partial charge on any atom is 0.348 e. The number of thiophene rings is 1. The zero-order chi connectivity index (χ0) is 11.7. The van der Waals surface area contributed by atoms with Crippen molar-refractivity contribution in [3.05, 3.63) is 34.5 Å². The van der Waals surface area contributed by atoms with Crippen molar-refractivity contribution in [1.82, 2.24) is 0 Å². The van der Waals surface area contributed by atoms with Gasteiger partial charge in [0.1, 0.15) is 10.7 Å². The molecular formula is C11H10FNO2S. The van der Waals surface area contributed by atoms with Gasteiger partial charge in [-0.15, -0.1) is 11.3 Å². The molecule has 0 spiro atoms. The third-order valence-electron chi connectivity index (χ3n) is 2.34. The molecule has 0 aliphatic carbocycles. The summed E-state index contributed by atoms with van der Waals surface area (Å²) in [6.45, 7) is 0.116. The Hall–Kier alpha value is -1.46. The normalized spacial score (nSPS) is 10.7. The highest BCUT2D eigenvalue weighted by Gasteiger charge is 2.19. The molecule has 1 aromatic carbocycles. The molecule has 0 atom stereocenters. The minimum Gasteiger partial charge on any atom is -0.465 e. The SMILES string of the molecule is COC(=O)c1sc2cccc(F)c2c1CN. The summed E-state index contributed by atoms with van der Waals surface area (Å²) in [6, 6.07) is 4.72. The number of halogens is 1. The van der Waals surface area contributed by atoms with Crippen LogP contribution in [0.4, 0.5) is 4.39 Å². The second-order valence-corrected chi connectivity index (χ2v) is 4.27. The molecule has 0 aliphatic heterocycles. The van der Waals surface area contributed by atoms with Crippen LogP contribution in [0.3, 0.4) is 0 Å². The van der Waals surface area contributed by atoms with Crippen molar-refractivity contribution in [3.63, 3.8) is 0 Å². The van der Waals surface area contributed by atoms with Crippen molar-refractivity contribution in [2.24, 2.45) is 5.73 Å². The molecule has 0 bridgehead atoms. The van der Waals surface area contributed by atoms with Gasteiger partial charge in [-0.1, -0.05) is 6.07 Å². The number of methoxy groups -OCH3 is 1. The quantitative estimate of drug-likeness (QED) is 0.818. The molecular weight excluding hydrogens is 229 g/mol. The number of fused-ring (bicyclic) bond motifs is 1. The minimum atomic E-state index is -0.471. The van der Waals surface area contributed by atoms with Gasteiger partial charge in [-0.2, -0.15) is 0 Å². The van der Waals surface area contributed by atoms with Crippen LogP contribution in [0.1, 0.15) is 15.2 Å². The van der Waals surface area contributed by atoms with Gasteiger partial charge in [0, 0.05) is 22.2 Å². The van der Waals surface area contributed by atoms with Gasteiger partial charge in [0.25, 0.3) is 0 Å². The summed E-state index contributed by atoms with van der Waals surface area (Å²) in [5, 5.41) is 0.426. The second-order valence-electron chi connectivity index (χ2n) is 3.22. The highest BCUT2D eigenvalue weighted by molar-refractivity contribution is 7.21. The Bertz CT molecular complexity index is 550. The van der Waals surface area contributed by atoms with Gasteiger partial charge in [0.15, 0.2) is 0 Å². The van der Waals surface area contributed by atoms with Gasteiger partial charge < -0.3 is 10.5 Å². The zero-order valence-corrected chi connectivity index (χ0v) is 9.44.